The van der Waals surface area contributed by atoms with E-state index in [1.165, 1.54) is 18.2 Å². The molecule has 1 aliphatic carbocycles. The Hall–Kier alpha value is -2.46. The molecule has 3 nitrogen and oxygen atoms in total. The highest BCUT2D eigenvalue weighted by Gasteiger charge is 2.09. The molecule has 0 fully saturated rings. The van der Waals surface area contributed by atoms with E-state index in [9.17, 15) is 9.18 Å². The second-order valence-electron chi connectivity index (χ2n) is 5.01. The molecule has 0 aliphatic heterocycles. The van der Waals surface area contributed by atoms with Gasteiger partial charge in [0.15, 0.2) is 0 Å². The third-order valence-corrected chi connectivity index (χ3v) is 2.92. The Morgan fingerprint density at radius 2 is 1.82 bits per heavy atom. The van der Waals surface area contributed by atoms with Crippen molar-refractivity contribution in [2.75, 3.05) is 6.54 Å². The van der Waals surface area contributed by atoms with Crippen molar-refractivity contribution < 1.29 is 9.18 Å². The summed E-state index contributed by atoms with van der Waals surface area (Å²) in [5, 5.41) is 2.75. The topological polar surface area (TPSA) is 55.1 Å². The molecule has 3 N–H and O–H groups in total. The normalized spacial score (nSPS) is 12.9. The Morgan fingerprint density at radius 3 is 2.29 bits per heavy atom. The van der Waals surface area contributed by atoms with E-state index < -0.39 is 0 Å². The molecular weight excluding hydrogens is 351 g/mol. The van der Waals surface area contributed by atoms with Gasteiger partial charge in [-0.3, -0.25) is 4.79 Å². The van der Waals surface area contributed by atoms with Crippen LogP contribution in [0, 0.1) is 0 Å². The van der Waals surface area contributed by atoms with Gasteiger partial charge in [0.25, 0.3) is 5.91 Å². The summed E-state index contributed by atoms with van der Waals surface area (Å²) in [5.74, 6) is -0.608. The molecule has 0 aromatic rings. The van der Waals surface area contributed by atoms with Gasteiger partial charge in [0.1, 0.15) is 5.83 Å². The van der Waals surface area contributed by atoms with Crippen LogP contribution in [-0.4, -0.2) is 12.5 Å². The Balaban J connectivity index is -0.000000675. The zero-order valence-electron chi connectivity index (χ0n) is 18.5. The van der Waals surface area contributed by atoms with E-state index in [0.29, 0.717) is 24.2 Å². The van der Waals surface area contributed by atoms with Crippen molar-refractivity contribution in [2.24, 2.45) is 5.73 Å². The Kier molecular flexibility index (Phi) is 24.4. The van der Waals surface area contributed by atoms with Crippen molar-refractivity contribution in [1.82, 2.24) is 5.32 Å². The lowest BCUT2D eigenvalue weighted by molar-refractivity contribution is -0.116. The average Bonchev–Trinajstić information content (AvgIpc) is 2.95. The summed E-state index contributed by atoms with van der Waals surface area (Å²) in [6.07, 6.45) is 14.3. The summed E-state index contributed by atoms with van der Waals surface area (Å²) in [5.41, 5.74) is 7.61. The molecule has 0 atom stereocenters. The van der Waals surface area contributed by atoms with Gasteiger partial charge in [-0.05, 0) is 43.6 Å². The molecule has 0 unspecified atom stereocenters. The number of rotatable bonds is 6. The Labute approximate surface area is 172 Å². The summed E-state index contributed by atoms with van der Waals surface area (Å²) in [6.45, 7) is 19.3. The van der Waals surface area contributed by atoms with Crippen molar-refractivity contribution in [3.63, 3.8) is 0 Å². The molecule has 1 amide bonds. The number of nitrogens with two attached hydrogens (primary N) is 1. The lowest BCUT2D eigenvalue weighted by Crippen LogP contribution is -2.23. The van der Waals surface area contributed by atoms with Gasteiger partial charge in [0.05, 0.1) is 0 Å². The molecule has 4 heteroatoms. The van der Waals surface area contributed by atoms with Gasteiger partial charge in [-0.15, -0.1) is 6.58 Å². The fraction of sp³-hybridized carbons (Fsp3) is 0.375. The van der Waals surface area contributed by atoms with E-state index in [1.807, 2.05) is 33.8 Å². The molecule has 158 valence electrons. The summed E-state index contributed by atoms with van der Waals surface area (Å²) in [6, 6.07) is 0. The number of carbonyl (C=O) groups is 1. The van der Waals surface area contributed by atoms with E-state index in [-0.39, 0.29) is 11.7 Å². The van der Waals surface area contributed by atoms with E-state index in [2.05, 4.69) is 25.4 Å². The van der Waals surface area contributed by atoms with Gasteiger partial charge in [0.2, 0.25) is 0 Å². The van der Waals surface area contributed by atoms with Crippen LogP contribution in [0.2, 0.25) is 0 Å². The number of halogens is 1. The quantitative estimate of drug-likeness (QED) is 0.404. The van der Waals surface area contributed by atoms with Crippen LogP contribution in [0.3, 0.4) is 0 Å². The first-order valence-electron chi connectivity index (χ1n) is 9.83. The van der Waals surface area contributed by atoms with Crippen molar-refractivity contribution in [3.05, 3.63) is 84.4 Å². The van der Waals surface area contributed by atoms with Crippen molar-refractivity contribution in [3.8, 4) is 0 Å². The first-order chi connectivity index (χ1) is 13.5. The van der Waals surface area contributed by atoms with Gasteiger partial charge < -0.3 is 11.1 Å². The molecule has 0 saturated carbocycles. The van der Waals surface area contributed by atoms with Crippen molar-refractivity contribution >= 4 is 5.91 Å². The first-order valence-corrected chi connectivity index (χ1v) is 9.83. The molecule has 0 heterocycles. The monoisotopic (exact) mass is 390 g/mol. The van der Waals surface area contributed by atoms with E-state index in [4.69, 9.17) is 5.73 Å². The standard InChI is InChI=1S/C16H19FN2O.C4H8.2C2H6/c1-3-5-13(11-18)10-12(2)19-16(20)14-6-4-7-15(17)9-8-14;1-3-4-2;2*1-2/h3-5,7-10H,1,6,11,18H2,2H3,(H,19,20);3H,1,4H2,2H3;2*1-2H3/b12-10+,13-5-;;;. The summed E-state index contributed by atoms with van der Waals surface area (Å²) >= 11 is 0. The van der Waals surface area contributed by atoms with Crippen LogP contribution in [0.15, 0.2) is 84.4 Å². The summed E-state index contributed by atoms with van der Waals surface area (Å²) in [4.78, 5) is 12.0. The summed E-state index contributed by atoms with van der Waals surface area (Å²) in [7, 11) is 0. The second kappa shape index (κ2) is 22.6. The van der Waals surface area contributed by atoms with Gasteiger partial charge in [-0.1, -0.05) is 71.6 Å². The predicted molar refractivity (Wildman–Crippen MR) is 123 cm³/mol. The third kappa shape index (κ3) is 17.0. The highest BCUT2D eigenvalue weighted by Crippen LogP contribution is 2.12. The molecule has 0 saturated heterocycles. The zero-order valence-corrected chi connectivity index (χ0v) is 18.5. The minimum absolute atomic E-state index is 0.246. The molecule has 0 aromatic carbocycles. The number of nitrogens with one attached hydrogen (secondary N) is 1. The molecule has 28 heavy (non-hydrogen) atoms. The molecule has 0 spiro atoms. The number of allylic oxidation sites excluding steroid dienone is 9. The van der Waals surface area contributed by atoms with Crippen LogP contribution < -0.4 is 11.1 Å². The maximum Gasteiger partial charge on any atom is 0.251 e. The number of carbonyl (C=O) groups excluding carboxylic acids is 1. The maximum atomic E-state index is 13.0. The fourth-order valence-corrected chi connectivity index (χ4v) is 1.67. The van der Waals surface area contributed by atoms with Gasteiger partial charge >= 0.3 is 0 Å². The second-order valence-corrected chi connectivity index (χ2v) is 5.01. The highest BCUT2D eigenvalue weighted by atomic mass is 19.1. The molecule has 0 aromatic heterocycles. The molecule has 1 aliphatic rings. The van der Waals surface area contributed by atoms with Crippen LogP contribution in [0.4, 0.5) is 4.39 Å². The zero-order chi connectivity index (χ0) is 22.4. The van der Waals surface area contributed by atoms with E-state index in [1.54, 1.807) is 31.2 Å². The highest BCUT2D eigenvalue weighted by molar-refractivity contribution is 5.95. The van der Waals surface area contributed by atoms with Crippen molar-refractivity contribution in [2.45, 2.75) is 54.4 Å². The molecule has 0 bridgehead atoms. The lowest BCUT2D eigenvalue weighted by Gasteiger charge is -2.07. The van der Waals surface area contributed by atoms with Gasteiger partial charge in [-0.2, -0.15) is 0 Å². The predicted octanol–water partition coefficient (Wildman–Crippen LogP) is 6.45. The molecular formula is C24H39FN2O. The van der Waals surface area contributed by atoms with Gasteiger partial charge in [0, 0.05) is 17.8 Å². The van der Waals surface area contributed by atoms with Crippen LogP contribution in [0.25, 0.3) is 0 Å². The minimum Gasteiger partial charge on any atom is -0.326 e. The number of amides is 1. The van der Waals surface area contributed by atoms with Crippen LogP contribution >= 0.6 is 0 Å². The Morgan fingerprint density at radius 1 is 1.25 bits per heavy atom. The third-order valence-electron chi connectivity index (χ3n) is 2.92. The van der Waals surface area contributed by atoms with Gasteiger partial charge in [-0.25, -0.2) is 4.39 Å². The van der Waals surface area contributed by atoms with Crippen molar-refractivity contribution in [1.29, 1.82) is 0 Å². The van der Waals surface area contributed by atoms with Crippen LogP contribution in [0.1, 0.15) is 54.4 Å². The van der Waals surface area contributed by atoms with Crippen LogP contribution in [0.5, 0.6) is 0 Å². The molecule has 0 radical (unpaired) electrons. The van der Waals surface area contributed by atoms with E-state index in [0.717, 1.165) is 12.0 Å². The summed E-state index contributed by atoms with van der Waals surface area (Å²) < 4.78 is 13.0. The van der Waals surface area contributed by atoms with E-state index >= 15 is 0 Å². The largest absolute Gasteiger partial charge is 0.326 e. The number of hydrogen-bond donors (Lipinski definition) is 2. The smallest absolute Gasteiger partial charge is 0.251 e. The minimum atomic E-state index is -0.362. The average molecular weight is 391 g/mol. The lowest BCUT2D eigenvalue weighted by atomic mass is 10.1. The SMILES string of the molecule is C=C/C=C(/C=C(\C)NC(=O)C1=CC=C(F)C=CC1)CN.C=CCC.CC.CC. The van der Waals surface area contributed by atoms with Crippen LogP contribution in [-0.2, 0) is 4.79 Å². The fourth-order valence-electron chi connectivity index (χ4n) is 1.67. The first kappa shape index (κ1) is 30.3. The maximum absolute atomic E-state index is 13.0. The Bertz CT molecular complexity index is 594. The number of hydrogen-bond acceptors (Lipinski definition) is 2. The molecule has 1 rings (SSSR count).